The third-order valence-corrected chi connectivity index (χ3v) is 5.56. The number of aliphatic carboxylic acids is 1. The molecule has 0 bridgehead atoms. The normalized spacial score (nSPS) is 14.6. The van der Waals surface area contributed by atoms with Crippen LogP contribution < -0.4 is 4.74 Å². The van der Waals surface area contributed by atoms with Crippen LogP contribution in [0.25, 0.3) is 22.8 Å². The summed E-state index contributed by atoms with van der Waals surface area (Å²) in [4.78, 5) is 17.4. The standard InChI is InChI=1S/C22H21Cl2N3O4/c1-12(2)30-19-6-4-14(8-18(19)24)20-25-21(31-26-20)16-5-3-13(7-17(16)23)9-27-10-15(11-27)22(28)29/h3-8,12,15H,9-11H2,1-2H3,(H,28,29). The first kappa shape index (κ1) is 21.6. The van der Waals surface area contributed by atoms with E-state index in [0.717, 1.165) is 5.56 Å². The number of benzene rings is 2. The lowest BCUT2D eigenvalue weighted by molar-refractivity contribution is -0.147. The largest absolute Gasteiger partial charge is 0.489 e. The molecule has 0 radical (unpaired) electrons. The van der Waals surface area contributed by atoms with Crippen molar-refractivity contribution in [3.05, 3.63) is 52.0 Å². The molecule has 0 saturated carbocycles. The number of carbonyl (C=O) groups is 1. The summed E-state index contributed by atoms with van der Waals surface area (Å²) in [5.74, 6) is 0.263. The van der Waals surface area contributed by atoms with Gasteiger partial charge in [-0.2, -0.15) is 4.98 Å². The molecule has 1 aliphatic rings. The summed E-state index contributed by atoms with van der Waals surface area (Å²) in [5, 5.41) is 14.0. The van der Waals surface area contributed by atoms with Crippen LogP contribution in [0, 0.1) is 5.92 Å². The highest BCUT2D eigenvalue weighted by Gasteiger charge is 2.32. The number of hydrogen-bond acceptors (Lipinski definition) is 6. The Morgan fingerprint density at radius 3 is 2.65 bits per heavy atom. The molecule has 9 heteroatoms. The number of carboxylic acids is 1. The molecule has 0 amide bonds. The Hall–Kier alpha value is -2.61. The van der Waals surface area contributed by atoms with Gasteiger partial charge in [0.05, 0.1) is 27.6 Å². The van der Waals surface area contributed by atoms with Gasteiger partial charge in [0.15, 0.2) is 0 Å². The van der Waals surface area contributed by atoms with Gasteiger partial charge in [-0.3, -0.25) is 9.69 Å². The van der Waals surface area contributed by atoms with Gasteiger partial charge in [0, 0.05) is 25.2 Å². The summed E-state index contributed by atoms with van der Waals surface area (Å²) in [6.07, 6.45) is 0.0185. The molecule has 0 spiro atoms. The monoisotopic (exact) mass is 461 g/mol. The third-order valence-electron chi connectivity index (χ3n) is 4.96. The van der Waals surface area contributed by atoms with Crippen LogP contribution in [0.2, 0.25) is 10.0 Å². The number of hydrogen-bond donors (Lipinski definition) is 1. The molecule has 1 aliphatic heterocycles. The number of nitrogens with zero attached hydrogens (tertiary/aromatic N) is 3. The molecule has 4 rings (SSSR count). The van der Waals surface area contributed by atoms with Gasteiger partial charge in [-0.05, 0) is 49.7 Å². The van der Waals surface area contributed by atoms with Crippen molar-refractivity contribution in [2.75, 3.05) is 13.1 Å². The van der Waals surface area contributed by atoms with Crippen molar-refractivity contribution in [3.63, 3.8) is 0 Å². The highest BCUT2D eigenvalue weighted by atomic mass is 35.5. The molecule has 2 heterocycles. The second-order valence-corrected chi connectivity index (χ2v) is 8.59. The SMILES string of the molecule is CC(C)Oc1ccc(-c2noc(-c3ccc(CN4CC(C(=O)O)C4)cc3Cl)n2)cc1Cl. The number of aromatic nitrogens is 2. The number of rotatable bonds is 7. The van der Waals surface area contributed by atoms with E-state index in [9.17, 15) is 4.79 Å². The third kappa shape index (κ3) is 4.84. The zero-order valence-corrected chi connectivity index (χ0v) is 18.5. The van der Waals surface area contributed by atoms with E-state index >= 15 is 0 Å². The van der Waals surface area contributed by atoms with Crippen LogP contribution in [0.4, 0.5) is 0 Å². The number of likely N-dealkylation sites (tertiary alicyclic amines) is 1. The van der Waals surface area contributed by atoms with Gasteiger partial charge < -0.3 is 14.4 Å². The van der Waals surface area contributed by atoms with Crippen LogP contribution in [-0.4, -0.2) is 45.3 Å². The van der Waals surface area contributed by atoms with Crippen LogP contribution in [0.1, 0.15) is 19.4 Å². The fraction of sp³-hybridized carbons (Fsp3) is 0.318. The van der Waals surface area contributed by atoms with Crippen molar-refractivity contribution in [2.24, 2.45) is 5.92 Å². The van der Waals surface area contributed by atoms with E-state index in [0.29, 0.717) is 58.3 Å². The molecule has 1 N–H and O–H groups in total. The molecule has 0 atom stereocenters. The second kappa shape index (κ2) is 8.86. The van der Waals surface area contributed by atoms with Gasteiger partial charge in [0.25, 0.3) is 5.89 Å². The molecule has 0 unspecified atom stereocenters. The first-order chi connectivity index (χ1) is 14.8. The molecule has 1 saturated heterocycles. The van der Waals surface area contributed by atoms with Crippen LogP contribution in [0.3, 0.4) is 0 Å². The van der Waals surface area contributed by atoms with Gasteiger partial charge in [0.1, 0.15) is 5.75 Å². The number of halogens is 2. The molecule has 1 fully saturated rings. The van der Waals surface area contributed by atoms with Crippen LogP contribution in [0.5, 0.6) is 5.75 Å². The van der Waals surface area contributed by atoms with Crippen molar-refractivity contribution in [1.82, 2.24) is 15.0 Å². The van der Waals surface area contributed by atoms with Gasteiger partial charge in [-0.1, -0.05) is 34.4 Å². The molecule has 31 heavy (non-hydrogen) atoms. The zero-order chi connectivity index (χ0) is 22.1. The molecule has 0 aliphatic carbocycles. The lowest BCUT2D eigenvalue weighted by atomic mass is 9.99. The molecule has 3 aromatic rings. The average molecular weight is 462 g/mol. The van der Waals surface area contributed by atoms with E-state index in [-0.39, 0.29) is 12.0 Å². The van der Waals surface area contributed by atoms with E-state index < -0.39 is 5.97 Å². The first-order valence-corrected chi connectivity index (χ1v) is 10.6. The van der Waals surface area contributed by atoms with E-state index in [1.165, 1.54) is 0 Å². The molecule has 2 aromatic carbocycles. The predicted molar refractivity (Wildman–Crippen MR) is 117 cm³/mol. The van der Waals surface area contributed by atoms with E-state index in [2.05, 4.69) is 15.0 Å². The van der Waals surface area contributed by atoms with Gasteiger partial charge in [0.2, 0.25) is 5.82 Å². The molecule has 7 nitrogen and oxygen atoms in total. The molecular formula is C22H21Cl2N3O4. The van der Waals surface area contributed by atoms with Crippen LogP contribution in [-0.2, 0) is 11.3 Å². The fourth-order valence-corrected chi connectivity index (χ4v) is 3.89. The maximum absolute atomic E-state index is 10.9. The van der Waals surface area contributed by atoms with Gasteiger partial charge in [-0.25, -0.2) is 0 Å². The lowest BCUT2D eigenvalue weighted by Crippen LogP contribution is -2.49. The maximum atomic E-state index is 10.9. The number of carboxylic acid groups (broad SMARTS) is 1. The minimum Gasteiger partial charge on any atom is -0.489 e. The molecule has 162 valence electrons. The summed E-state index contributed by atoms with van der Waals surface area (Å²) in [5.41, 5.74) is 2.32. The predicted octanol–water partition coefficient (Wildman–Crippen LogP) is 5.01. The number of ether oxygens (including phenoxy) is 1. The average Bonchev–Trinajstić information content (AvgIpc) is 3.15. The first-order valence-electron chi connectivity index (χ1n) is 9.84. The highest BCUT2D eigenvalue weighted by Crippen LogP contribution is 2.33. The summed E-state index contributed by atoms with van der Waals surface area (Å²) in [6.45, 7) is 5.60. The van der Waals surface area contributed by atoms with E-state index in [1.807, 2.05) is 38.1 Å². The Bertz CT molecular complexity index is 1110. The quantitative estimate of drug-likeness (QED) is 0.528. The maximum Gasteiger partial charge on any atom is 0.309 e. The van der Waals surface area contributed by atoms with E-state index in [4.69, 9.17) is 37.6 Å². The fourth-order valence-electron chi connectivity index (χ4n) is 3.38. The Labute approximate surface area is 189 Å². The summed E-state index contributed by atoms with van der Waals surface area (Å²) in [7, 11) is 0. The summed E-state index contributed by atoms with van der Waals surface area (Å²) >= 11 is 12.8. The molecular weight excluding hydrogens is 441 g/mol. The van der Waals surface area contributed by atoms with Crippen molar-refractivity contribution >= 4 is 29.2 Å². The Morgan fingerprint density at radius 2 is 2.00 bits per heavy atom. The van der Waals surface area contributed by atoms with Crippen molar-refractivity contribution in [2.45, 2.75) is 26.5 Å². The molecule has 1 aromatic heterocycles. The Kier molecular flexibility index (Phi) is 6.18. The van der Waals surface area contributed by atoms with E-state index in [1.54, 1.807) is 12.1 Å². The minimum absolute atomic E-state index is 0.0185. The second-order valence-electron chi connectivity index (χ2n) is 7.78. The highest BCUT2D eigenvalue weighted by molar-refractivity contribution is 6.33. The van der Waals surface area contributed by atoms with Crippen LogP contribution >= 0.6 is 23.2 Å². The van der Waals surface area contributed by atoms with Gasteiger partial charge in [-0.15, -0.1) is 0 Å². The Balaban J connectivity index is 1.48. The summed E-state index contributed by atoms with van der Waals surface area (Å²) < 4.78 is 11.1. The minimum atomic E-state index is -0.750. The Morgan fingerprint density at radius 1 is 1.23 bits per heavy atom. The summed E-state index contributed by atoms with van der Waals surface area (Å²) in [6, 6.07) is 10.9. The van der Waals surface area contributed by atoms with Crippen LogP contribution in [0.15, 0.2) is 40.9 Å². The zero-order valence-electron chi connectivity index (χ0n) is 17.0. The topological polar surface area (TPSA) is 88.7 Å². The van der Waals surface area contributed by atoms with Crippen molar-refractivity contribution in [1.29, 1.82) is 0 Å². The van der Waals surface area contributed by atoms with Gasteiger partial charge >= 0.3 is 5.97 Å². The van der Waals surface area contributed by atoms with Crippen molar-refractivity contribution < 1.29 is 19.2 Å². The van der Waals surface area contributed by atoms with Crippen molar-refractivity contribution in [3.8, 4) is 28.6 Å². The smallest absolute Gasteiger partial charge is 0.309 e. The lowest BCUT2D eigenvalue weighted by Gasteiger charge is -2.36.